The van der Waals surface area contributed by atoms with Crippen LogP contribution in [0.5, 0.6) is 0 Å². The predicted octanol–water partition coefficient (Wildman–Crippen LogP) is 3.03. The maximum absolute atomic E-state index is 13.7. The number of nitrogens with two attached hydrogens (primary N) is 1. The quantitative estimate of drug-likeness (QED) is 0.715. The van der Waals surface area contributed by atoms with Crippen LogP contribution in [0.25, 0.3) is 23.0 Å². The van der Waals surface area contributed by atoms with Crippen molar-refractivity contribution in [1.82, 2.24) is 10.1 Å². The molecule has 0 radical (unpaired) electrons. The summed E-state index contributed by atoms with van der Waals surface area (Å²) < 4.78 is 24.0. The van der Waals surface area contributed by atoms with E-state index in [0.717, 1.165) is 5.56 Å². The molecule has 0 bridgehead atoms. The highest BCUT2D eigenvalue weighted by atomic mass is 19.1. The highest BCUT2D eigenvalue weighted by Crippen LogP contribution is 2.30. The van der Waals surface area contributed by atoms with E-state index >= 15 is 0 Å². The topological polar surface area (TPSA) is 78.1 Å². The molecule has 19 heavy (non-hydrogen) atoms. The summed E-state index contributed by atoms with van der Waals surface area (Å²) in [4.78, 5) is 4.11. The monoisotopic (exact) mass is 259 g/mol. The zero-order valence-corrected chi connectivity index (χ0v) is 10.1. The van der Waals surface area contributed by atoms with Crippen molar-refractivity contribution in [2.45, 2.75) is 6.92 Å². The molecule has 0 unspecified atom stereocenters. The van der Waals surface area contributed by atoms with Gasteiger partial charge in [-0.2, -0.15) is 4.98 Å². The second-order valence-corrected chi connectivity index (χ2v) is 4.06. The summed E-state index contributed by atoms with van der Waals surface area (Å²) in [6.45, 7) is 1.85. The smallest absolute Gasteiger partial charge is 0.263 e. The van der Waals surface area contributed by atoms with Gasteiger partial charge >= 0.3 is 0 Å². The van der Waals surface area contributed by atoms with Gasteiger partial charge in [0.1, 0.15) is 5.82 Å². The molecule has 0 atom stereocenters. The average molecular weight is 259 g/mol. The first-order valence-electron chi connectivity index (χ1n) is 5.59. The number of furan rings is 1. The van der Waals surface area contributed by atoms with Gasteiger partial charge in [-0.3, -0.25) is 0 Å². The van der Waals surface area contributed by atoms with Crippen LogP contribution in [0.1, 0.15) is 5.56 Å². The zero-order chi connectivity index (χ0) is 13.4. The summed E-state index contributed by atoms with van der Waals surface area (Å²) in [6, 6.07) is 6.15. The molecule has 0 saturated heterocycles. The molecule has 0 fully saturated rings. The van der Waals surface area contributed by atoms with Gasteiger partial charge in [0, 0.05) is 5.69 Å². The van der Waals surface area contributed by atoms with E-state index in [2.05, 4.69) is 10.1 Å². The van der Waals surface area contributed by atoms with Crippen LogP contribution >= 0.6 is 0 Å². The Morgan fingerprint density at radius 2 is 2.11 bits per heavy atom. The van der Waals surface area contributed by atoms with Crippen molar-refractivity contribution in [2.75, 3.05) is 5.73 Å². The van der Waals surface area contributed by atoms with Crippen molar-refractivity contribution in [3.8, 4) is 23.0 Å². The predicted molar refractivity (Wildman–Crippen MR) is 66.5 cm³/mol. The summed E-state index contributed by atoms with van der Waals surface area (Å²) >= 11 is 0. The number of aromatic nitrogens is 2. The van der Waals surface area contributed by atoms with Gasteiger partial charge in [-0.05, 0) is 30.7 Å². The summed E-state index contributed by atoms with van der Waals surface area (Å²) in [5, 5.41) is 3.78. The number of benzene rings is 1. The maximum atomic E-state index is 13.7. The molecule has 3 aromatic rings. The largest absolute Gasteiger partial charge is 0.461 e. The Labute approximate surface area is 107 Å². The Bertz CT molecular complexity index is 713. The Morgan fingerprint density at radius 3 is 2.79 bits per heavy atom. The lowest BCUT2D eigenvalue weighted by Crippen LogP contribution is -1.93. The summed E-state index contributed by atoms with van der Waals surface area (Å²) in [5.41, 5.74) is 6.93. The molecule has 0 amide bonds. The minimum atomic E-state index is -0.508. The zero-order valence-electron chi connectivity index (χ0n) is 10.1. The van der Waals surface area contributed by atoms with Gasteiger partial charge < -0.3 is 14.7 Å². The number of halogens is 1. The molecule has 2 heterocycles. The second kappa shape index (κ2) is 4.24. The van der Waals surface area contributed by atoms with Gasteiger partial charge in [0.2, 0.25) is 5.82 Å². The summed E-state index contributed by atoms with van der Waals surface area (Å²) in [5.74, 6) is 0.276. The molecule has 6 heteroatoms. The van der Waals surface area contributed by atoms with E-state index < -0.39 is 5.82 Å². The van der Waals surface area contributed by atoms with E-state index in [1.165, 1.54) is 18.4 Å². The van der Waals surface area contributed by atoms with E-state index in [4.69, 9.17) is 14.7 Å². The minimum absolute atomic E-state index is 0.0291. The number of nitrogens with zero attached hydrogens (tertiary/aromatic N) is 2. The second-order valence-electron chi connectivity index (χ2n) is 4.06. The molecule has 2 N–H and O–H groups in total. The highest BCUT2D eigenvalue weighted by molar-refractivity contribution is 5.71. The van der Waals surface area contributed by atoms with Crippen molar-refractivity contribution in [1.29, 1.82) is 0 Å². The Kier molecular flexibility index (Phi) is 2.56. The van der Waals surface area contributed by atoms with E-state index in [1.807, 2.05) is 6.92 Å². The van der Waals surface area contributed by atoms with Crippen LogP contribution in [0.15, 0.2) is 39.5 Å². The average Bonchev–Trinajstić information content (AvgIpc) is 2.98. The third-order valence-electron chi connectivity index (χ3n) is 2.75. The maximum Gasteiger partial charge on any atom is 0.263 e. The molecule has 0 aliphatic rings. The number of rotatable bonds is 2. The van der Waals surface area contributed by atoms with Crippen molar-refractivity contribution in [2.24, 2.45) is 0 Å². The minimum Gasteiger partial charge on any atom is -0.461 e. The van der Waals surface area contributed by atoms with Crippen molar-refractivity contribution < 1.29 is 13.3 Å². The molecular weight excluding hydrogens is 249 g/mol. The lowest BCUT2D eigenvalue weighted by molar-refractivity contribution is 0.427. The van der Waals surface area contributed by atoms with Crippen molar-refractivity contribution in [3.05, 3.63) is 41.9 Å². The molecule has 96 valence electrons. The fraction of sp³-hybridized carbons (Fsp3) is 0.0769. The van der Waals surface area contributed by atoms with Gasteiger partial charge in [0.25, 0.3) is 5.89 Å². The van der Waals surface area contributed by atoms with Crippen LogP contribution in [0.4, 0.5) is 10.1 Å². The van der Waals surface area contributed by atoms with Crippen LogP contribution in [0.3, 0.4) is 0 Å². The first-order valence-corrected chi connectivity index (χ1v) is 5.59. The number of nitrogen functional groups attached to an aromatic ring is 1. The fourth-order valence-electron chi connectivity index (χ4n) is 1.79. The summed E-state index contributed by atoms with van der Waals surface area (Å²) in [6.07, 6.45) is 1.53. The third-order valence-corrected chi connectivity index (χ3v) is 2.75. The van der Waals surface area contributed by atoms with Crippen LogP contribution in [0.2, 0.25) is 0 Å². The molecule has 0 aliphatic carbocycles. The van der Waals surface area contributed by atoms with Crippen LogP contribution < -0.4 is 5.73 Å². The molecule has 5 nitrogen and oxygen atoms in total. The number of aryl methyl sites for hydroxylation is 1. The van der Waals surface area contributed by atoms with E-state index in [0.29, 0.717) is 5.76 Å². The Hall–Kier alpha value is -2.63. The van der Waals surface area contributed by atoms with Gasteiger partial charge in [0.15, 0.2) is 5.76 Å². The van der Waals surface area contributed by atoms with Gasteiger partial charge in [-0.25, -0.2) is 4.39 Å². The molecular formula is C13H10FN3O2. The van der Waals surface area contributed by atoms with Gasteiger partial charge in [-0.15, -0.1) is 0 Å². The fourth-order valence-corrected chi connectivity index (χ4v) is 1.79. The first kappa shape index (κ1) is 11.5. The van der Waals surface area contributed by atoms with Gasteiger partial charge in [-0.1, -0.05) is 11.2 Å². The lowest BCUT2D eigenvalue weighted by atomic mass is 10.1. The highest BCUT2D eigenvalue weighted by Gasteiger charge is 2.19. The Morgan fingerprint density at radius 1 is 1.26 bits per heavy atom. The van der Waals surface area contributed by atoms with Crippen molar-refractivity contribution >= 4 is 5.69 Å². The van der Waals surface area contributed by atoms with E-state index in [9.17, 15) is 4.39 Å². The molecule has 0 saturated carbocycles. The first-order chi connectivity index (χ1) is 9.16. The number of anilines is 1. The Balaban J connectivity index is 2.10. The van der Waals surface area contributed by atoms with Gasteiger partial charge in [0.05, 0.1) is 11.8 Å². The molecule has 0 aliphatic heterocycles. The number of hydrogen-bond acceptors (Lipinski definition) is 5. The number of hydrogen-bond donors (Lipinski definition) is 1. The van der Waals surface area contributed by atoms with Crippen LogP contribution in [0, 0.1) is 12.7 Å². The normalized spacial score (nSPS) is 10.8. The third kappa shape index (κ3) is 1.87. The van der Waals surface area contributed by atoms with Crippen molar-refractivity contribution in [3.63, 3.8) is 0 Å². The van der Waals surface area contributed by atoms with E-state index in [1.54, 1.807) is 12.1 Å². The molecule has 1 aromatic carbocycles. The molecule has 0 spiro atoms. The summed E-state index contributed by atoms with van der Waals surface area (Å²) in [7, 11) is 0. The standard InChI is InChI=1S/C13H10FN3O2/c1-7-5-6-18-11(7)12-16-13(19-17-12)10-8(14)3-2-4-9(10)15/h2-6H,15H2,1H3. The molecule has 3 rings (SSSR count). The SMILES string of the molecule is Cc1ccoc1-c1noc(-c2c(N)cccc2F)n1. The molecule has 2 aromatic heterocycles. The van der Waals surface area contributed by atoms with Crippen LogP contribution in [-0.2, 0) is 0 Å². The van der Waals surface area contributed by atoms with Crippen LogP contribution in [-0.4, -0.2) is 10.1 Å². The lowest BCUT2D eigenvalue weighted by Gasteiger charge is -2.00. The van der Waals surface area contributed by atoms with E-state index in [-0.39, 0.29) is 23.0 Å².